The third-order valence-electron chi connectivity index (χ3n) is 1.05. The topological polar surface area (TPSA) is 17.1 Å². The maximum absolute atomic E-state index is 9.93. The summed E-state index contributed by atoms with van der Waals surface area (Å²) < 4.78 is 0.971. The maximum atomic E-state index is 9.93. The van der Waals surface area contributed by atoms with E-state index in [1.807, 2.05) is 30.3 Å². The second kappa shape index (κ2) is 7.54. The lowest BCUT2D eigenvalue weighted by Crippen LogP contribution is -1.98. The van der Waals surface area contributed by atoms with Gasteiger partial charge in [0.25, 0.3) is 0 Å². The van der Waals surface area contributed by atoms with Crippen LogP contribution in [0.3, 0.4) is 0 Å². The maximum Gasteiger partial charge on any atom is 0.215 e. The molecule has 0 aromatic heterocycles. The van der Waals surface area contributed by atoms with Gasteiger partial charge in [0.1, 0.15) is 5.38 Å². The molecule has 1 aromatic rings. The summed E-state index contributed by atoms with van der Waals surface area (Å²) in [6.07, 6.45) is 0. The number of carbonyl (C=O) groups excluding carboxylic acids is 1. The van der Waals surface area contributed by atoms with E-state index in [1.54, 1.807) is 6.92 Å². The summed E-state index contributed by atoms with van der Waals surface area (Å²) in [7, 11) is 0. The highest BCUT2D eigenvalue weighted by atomic mass is 79.9. The van der Waals surface area contributed by atoms with Crippen molar-refractivity contribution in [3.63, 3.8) is 0 Å². The SMILES string of the molecule is Brc1ccccc1.CC(Cl)C(=O)Br. The van der Waals surface area contributed by atoms with E-state index in [-0.39, 0.29) is 4.69 Å². The largest absolute Gasteiger partial charge is 0.285 e. The van der Waals surface area contributed by atoms with Crippen LogP contribution in [0.4, 0.5) is 0 Å². The van der Waals surface area contributed by atoms with Crippen molar-refractivity contribution in [3.8, 4) is 0 Å². The van der Waals surface area contributed by atoms with Gasteiger partial charge in [-0.05, 0) is 35.0 Å². The molecule has 13 heavy (non-hydrogen) atoms. The van der Waals surface area contributed by atoms with E-state index >= 15 is 0 Å². The van der Waals surface area contributed by atoms with Gasteiger partial charge >= 0.3 is 0 Å². The molecule has 0 aliphatic rings. The molecule has 0 saturated heterocycles. The Morgan fingerprint density at radius 1 is 1.38 bits per heavy atom. The molecule has 0 saturated carbocycles. The Bertz CT molecular complexity index is 249. The predicted molar refractivity (Wildman–Crippen MR) is 63.4 cm³/mol. The van der Waals surface area contributed by atoms with Crippen molar-refractivity contribution in [2.45, 2.75) is 12.3 Å². The van der Waals surface area contributed by atoms with Gasteiger partial charge in [-0.3, -0.25) is 4.79 Å². The summed E-state index contributed by atoms with van der Waals surface area (Å²) in [5.41, 5.74) is 0. The van der Waals surface area contributed by atoms with Gasteiger partial charge in [0.2, 0.25) is 4.69 Å². The van der Waals surface area contributed by atoms with Crippen LogP contribution in [0.15, 0.2) is 34.8 Å². The van der Waals surface area contributed by atoms with Crippen LogP contribution < -0.4 is 0 Å². The molecule has 1 rings (SSSR count). The van der Waals surface area contributed by atoms with Gasteiger partial charge in [-0.25, -0.2) is 0 Å². The molecule has 0 radical (unpaired) electrons. The quantitative estimate of drug-likeness (QED) is 0.563. The molecular formula is C9H9Br2ClO. The summed E-state index contributed by atoms with van der Waals surface area (Å²) in [6, 6.07) is 9.97. The highest BCUT2D eigenvalue weighted by Crippen LogP contribution is 2.05. The average molecular weight is 328 g/mol. The third kappa shape index (κ3) is 8.47. The van der Waals surface area contributed by atoms with E-state index in [0.717, 1.165) is 4.47 Å². The van der Waals surface area contributed by atoms with Crippen molar-refractivity contribution < 1.29 is 4.79 Å². The van der Waals surface area contributed by atoms with Crippen LogP contribution in [0.5, 0.6) is 0 Å². The van der Waals surface area contributed by atoms with Crippen molar-refractivity contribution in [3.05, 3.63) is 34.8 Å². The zero-order valence-electron chi connectivity index (χ0n) is 7.01. The number of halogens is 3. The van der Waals surface area contributed by atoms with Gasteiger partial charge < -0.3 is 0 Å². The number of hydrogen-bond donors (Lipinski definition) is 0. The Morgan fingerprint density at radius 2 is 1.77 bits per heavy atom. The zero-order chi connectivity index (χ0) is 10.3. The monoisotopic (exact) mass is 326 g/mol. The second-order valence-electron chi connectivity index (χ2n) is 2.22. The molecule has 0 amide bonds. The fourth-order valence-electron chi connectivity index (χ4n) is 0.415. The normalized spacial score (nSPS) is 11.1. The van der Waals surface area contributed by atoms with Crippen molar-refractivity contribution in [2.75, 3.05) is 0 Å². The van der Waals surface area contributed by atoms with E-state index < -0.39 is 5.38 Å². The molecule has 1 nitrogen and oxygen atoms in total. The number of carbonyl (C=O) groups is 1. The molecule has 0 heterocycles. The van der Waals surface area contributed by atoms with Gasteiger partial charge in [-0.15, -0.1) is 11.6 Å². The van der Waals surface area contributed by atoms with Crippen LogP contribution in [0, 0.1) is 0 Å². The van der Waals surface area contributed by atoms with E-state index in [9.17, 15) is 4.79 Å². The van der Waals surface area contributed by atoms with E-state index in [4.69, 9.17) is 11.6 Å². The Hall–Kier alpha value is 0.140. The van der Waals surface area contributed by atoms with Crippen molar-refractivity contribution in [1.82, 2.24) is 0 Å². The lowest BCUT2D eigenvalue weighted by Gasteiger charge is -1.85. The number of alkyl halides is 1. The van der Waals surface area contributed by atoms with Gasteiger partial charge in [-0.1, -0.05) is 34.1 Å². The Kier molecular flexibility index (Phi) is 7.62. The van der Waals surface area contributed by atoms with Crippen LogP contribution in [-0.4, -0.2) is 10.1 Å². The summed E-state index contributed by atoms with van der Waals surface area (Å²) in [6.45, 7) is 1.61. The minimum Gasteiger partial charge on any atom is -0.285 e. The minimum atomic E-state index is -0.398. The minimum absolute atomic E-state index is 0.163. The van der Waals surface area contributed by atoms with Gasteiger partial charge in [-0.2, -0.15) is 0 Å². The molecule has 72 valence electrons. The standard InChI is InChI=1S/C6H5Br.C3H4BrClO/c7-6-4-2-1-3-5-6;1-2(5)3(4)6/h1-5H;2H,1H3. The molecular weight excluding hydrogens is 319 g/mol. The molecule has 0 aliphatic heterocycles. The third-order valence-corrected chi connectivity index (χ3v) is 2.72. The number of benzene rings is 1. The van der Waals surface area contributed by atoms with Gasteiger partial charge in [0, 0.05) is 4.47 Å². The number of rotatable bonds is 1. The molecule has 0 aliphatic carbocycles. The van der Waals surface area contributed by atoms with E-state index in [0.29, 0.717) is 0 Å². The van der Waals surface area contributed by atoms with Crippen LogP contribution in [0.2, 0.25) is 0 Å². The first-order chi connectivity index (χ1) is 6.04. The molecule has 0 bridgehead atoms. The summed E-state index contributed by atoms with van der Waals surface area (Å²) in [5.74, 6) is 0. The molecule has 1 unspecified atom stereocenters. The molecule has 0 fully saturated rings. The van der Waals surface area contributed by atoms with Crippen molar-refractivity contribution >= 4 is 48.2 Å². The highest BCUT2D eigenvalue weighted by molar-refractivity contribution is 9.18. The molecule has 4 heteroatoms. The van der Waals surface area contributed by atoms with Crippen LogP contribution in [-0.2, 0) is 4.79 Å². The van der Waals surface area contributed by atoms with Crippen molar-refractivity contribution in [1.29, 1.82) is 0 Å². The zero-order valence-corrected chi connectivity index (χ0v) is 10.9. The Morgan fingerprint density at radius 3 is 1.92 bits per heavy atom. The highest BCUT2D eigenvalue weighted by Gasteiger charge is 2.00. The lowest BCUT2D eigenvalue weighted by molar-refractivity contribution is -0.109. The molecule has 0 N–H and O–H groups in total. The first kappa shape index (κ1) is 13.1. The first-order valence-electron chi connectivity index (χ1n) is 3.58. The van der Waals surface area contributed by atoms with Gasteiger partial charge in [0.15, 0.2) is 0 Å². The molecule has 0 spiro atoms. The first-order valence-corrected chi connectivity index (χ1v) is 5.60. The molecule has 1 aromatic carbocycles. The number of hydrogen-bond acceptors (Lipinski definition) is 1. The fourth-order valence-corrected chi connectivity index (χ4v) is 0.720. The van der Waals surface area contributed by atoms with Crippen LogP contribution in [0.25, 0.3) is 0 Å². The smallest absolute Gasteiger partial charge is 0.215 e. The van der Waals surface area contributed by atoms with E-state index in [1.165, 1.54) is 0 Å². The second-order valence-corrected chi connectivity index (χ2v) is 4.57. The lowest BCUT2D eigenvalue weighted by atomic mass is 10.4. The summed E-state index contributed by atoms with van der Waals surface area (Å²) in [4.78, 5) is 9.93. The van der Waals surface area contributed by atoms with Gasteiger partial charge in [0.05, 0.1) is 0 Å². The van der Waals surface area contributed by atoms with Crippen LogP contribution >= 0.6 is 43.5 Å². The fraction of sp³-hybridized carbons (Fsp3) is 0.222. The molecule has 1 atom stereocenters. The predicted octanol–water partition coefficient (Wildman–Crippen LogP) is 3.98. The Balaban J connectivity index is 0.000000226. The summed E-state index contributed by atoms with van der Waals surface area (Å²) in [5, 5.41) is -0.398. The van der Waals surface area contributed by atoms with Crippen LogP contribution in [0.1, 0.15) is 6.92 Å². The van der Waals surface area contributed by atoms with Crippen molar-refractivity contribution in [2.24, 2.45) is 0 Å². The Labute approximate surface area is 99.7 Å². The average Bonchev–Trinajstić information content (AvgIpc) is 2.06. The summed E-state index contributed by atoms with van der Waals surface area (Å²) >= 11 is 11.2. The van der Waals surface area contributed by atoms with E-state index in [2.05, 4.69) is 31.9 Å².